The van der Waals surface area contributed by atoms with Gasteiger partial charge in [0.1, 0.15) is 0 Å². The topological polar surface area (TPSA) is 78.1 Å². The van der Waals surface area contributed by atoms with Gasteiger partial charge in [0.2, 0.25) is 5.89 Å². The number of nitrogens with zero attached hydrogens (tertiary/aromatic N) is 3. The molecule has 0 aliphatic heterocycles. The summed E-state index contributed by atoms with van der Waals surface area (Å²) in [5.41, 5.74) is 4.26. The number of rotatable bonds is 4. The number of carbonyl (C=O) groups is 1. The number of pyridine rings is 1. The summed E-state index contributed by atoms with van der Waals surface area (Å²) in [6.07, 6.45) is 2.11. The standard InChI is InChI=1S/C25H23N3O3/c1-15-12-13-21-19(14-15)22(18-10-6-7-11-20(18)26-21)25(29)30-16(2)23-27-28-24(31-23)17-8-4-3-5-9-17/h3-11,15-16H,12-14H2,1-2H3/t15-,16+/m1/s1. The van der Waals surface area contributed by atoms with Crippen LogP contribution < -0.4 is 0 Å². The fourth-order valence-electron chi connectivity index (χ4n) is 4.16. The van der Waals surface area contributed by atoms with Crippen molar-refractivity contribution in [3.63, 3.8) is 0 Å². The zero-order chi connectivity index (χ0) is 21.4. The molecule has 0 radical (unpaired) electrons. The van der Waals surface area contributed by atoms with E-state index in [1.807, 2.05) is 54.6 Å². The molecular weight excluding hydrogens is 390 g/mol. The minimum absolute atomic E-state index is 0.271. The van der Waals surface area contributed by atoms with Gasteiger partial charge in [-0.2, -0.15) is 0 Å². The van der Waals surface area contributed by atoms with Gasteiger partial charge in [0.05, 0.1) is 11.1 Å². The van der Waals surface area contributed by atoms with Crippen molar-refractivity contribution in [3.8, 4) is 11.5 Å². The van der Waals surface area contributed by atoms with Crippen LogP contribution in [0.2, 0.25) is 0 Å². The van der Waals surface area contributed by atoms with E-state index in [1.165, 1.54) is 0 Å². The summed E-state index contributed by atoms with van der Waals surface area (Å²) >= 11 is 0. The first kappa shape index (κ1) is 19.4. The number of benzene rings is 2. The average Bonchev–Trinajstić information content (AvgIpc) is 3.28. The first-order valence-electron chi connectivity index (χ1n) is 10.6. The summed E-state index contributed by atoms with van der Waals surface area (Å²) < 4.78 is 11.6. The Bertz CT molecular complexity index is 1250. The van der Waals surface area contributed by atoms with Gasteiger partial charge in [0, 0.05) is 16.6 Å². The maximum Gasteiger partial charge on any atom is 0.339 e. The molecule has 31 heavy (non-hydrogen) atoms. The number of fused-ring (bicyclic) bond motifs is 2. The monoisotopic (exact) mass is 413 g/mol. The van der Waals surface area contributed by atoms with Crippen molar-refractivity contribution in [1.82, 2.24) is 15.2 Å². The highest BCUT2D eigenvalue weighted by molar-refractivity contribution is 6.05. The third kappa shape index (κ3) is 3.69. The highest BCUT2D eigenvalue weighted by Crippen LogP contribution is 2.33. The highest BCUT2D eigenvalue weighted by Gasteiger charge is 2.28. The van der Waals surface area contributed by atoms with Crippen LogP contribution >= 0.6 is 0 Å². The third-order valence-corrected chi connectivity index (χ3v) is 5.80. The Hall–Kier alpha value is -3.54. The lowest BCUT2D eigenvalue weighted by Crippen LogP contribution is -2.20. The maximum absolute atomic E-state index is 13.4. The van der Waals surface area contributed by atoms with E-state index in [0.717, 1.165) is 47.0 Å². The molecule has 1 aliphatic carbocycles. The minimum atomic E-state index is -0.666. The van der Waals surface area contributed by atoms with Crippen molar-refractivity contribution in [2.75, 3.05) is 0 Å². The molecular formula is C25H23N3O3. The molecule has 0 unspecified atom stereocenters. The number of aryl methyl sites for hydroxylation is 1. The van der Waals surface area contributed by atoms with Crippen molar-refractivity contribution in [2.45, 2.75) is 39.2 Å². The molecule has 6 heteroatoms. The van der Waals surface area contributed by atoms with Crippen molar-refractivity contribution < 1.29 is 13.9 Å². The van der Waals surface area contributed by atoms with Gasteiger partial charge in [-0.1, -0.05) is 43.3 Å². The summed E-state index contributed by atoms with van der Waals surface area (Å²) in [6.45, 7) is 3.96. The van der Waals surface area contributed by atoms with E-state index in [1.54, 1.807) is 6.92 Å². The minimum Gasteiger partial charge on any atom is -0.449 e. The normalized spacial score (nSPS) is 16.6. The molecule has 0 saturated carbocycles. The summed E-state index contributed by atoms with van der Waals surface area (Å²) in [7, 11) is 0. The molecule has 2 aromatic heterocycles. The molecule has 0 bridgehead atoms. The number of aromatic nitrogens is 3. The molecule has 2 atom stereocenters. The van der Waals surface area contributed by atoms with Crippen molar-refractivity contribution >= 4 is 16.9 Å². The van der Waals surface area contributed by atoms with Crippen LogP contribution in [0.15, 0.2) is 59.0 Å². The first-order valence-corrected chi connectivity index (χ1v) is 10.6. The Labute approximate surface area is 180 Å². The van der Waals surface area contributed by atoms with Gasteiger partial charge in [0.15, 0.2) is 6.10 Å². The van der Waals surface area contributed by atoms with E-state index in [2.05, 4.69) is 17.1 Å². The number of hydrogen-bond acceptors (Lipinski definition) is 6. The van der Waals surface area contributed by atoms with Crippen molar-refractivity contribution in [1.29, 1.82) is 0 Å². The zero-order valence-corrected chi connectivity index (χ0v) is 17.5. The molecule has 2 heterocycles. The largest absolute Gasteiger partial charge is 0.449 e. The molecule has 0 N–H and O–H groups in total. The second kappa shape index (κ2) is 7.95. The van der Waals surface area contributed by atoms with Gasteiger partial charge in [-0.05, 0) is 55.9 Å². The van der Waals surface area contributed by atoms with Crippen LogP contribution in [0.3, 0.4) is 0 Å². The average molecular weight is 413 g/mol. The molecule has 1 aliphatic rings. The quantitative estimate of drug-likeness (QED) is 0.421. The Morgan fingerprint density at radius 2 is 1.87 bits per heavy atom. The molecule has 0 saturated heterocycles. The Morgan fingerprint density at radius 1 is 1.10 bits per heavy atom. The van der Waals surface area contributed by atoms with Crippen LogP contribution in [0.1, 0.15) is 53.9 Å². The summed E-state index contributed by atoms with van der Waals surface area (Å²) in [4.78, 5) is 18.2. The van der Waals surface area contributed by atoms with Crippen molar-refractivity contribution in [2.24, 2.45) is 5.92 Å². The Kier molecular flexibility index (Phi) is 4.98. The van der Waals surface area contributed by atoms with Gasteiger partial charge in [-0.3, -0.25) is 4.98 Å². The second-order valence-electron chi connectivity index (χ2n) is 8.14. The molecule has 156 valence electrons. The molecule has 0 fully saturated rings. The molecule has 0 spiro atoms. The molecule has 4 aromatic rings. The summed E-state index contributed by atoms with van der Waals surface area (Å²) in [6, 6.07) is 17.3. The van der Waals surface area contributed by atoms with E-state index in [0.29, 0.717) is 17.4 Å². The smallest absolute Gasteiger partial charge is 0.339 e. The number of hydrogen-bond donors (Lipinski definition) is 0. The lowest BCUT2D eigenvalue weighted by molar-refractivity contribution is 0.0280. The number of esters is 1. The summed E-state index contributed by atoms with van der Waals surface area (Å²) in [5.74, 6) is 0.798. The highest BCUT2D eigenvalue weighted by atomic mass is 16.6. The summed E-state index contributed by atoms with van der Waals surface area (Å²) in [5, 5.41) is 9.02. The second-order valence-corrected chi connectivity index (χ2v) is 8.14. The molecule has 2 aromatic carbocycles. The predicted molar refractivity (Wildman–Crippen MR) is 116 cm³/mol. The maximum atomic E-state index is 13.4. The van der Waals surface area contributed by atoms with E-state index >= 15 is 0 Å². The SMILES string of the molecule is C[C@@H]1CCc2nc3ccccc3c(C(=O)O[C@@H](C)c3nnc(-c4ccccc4)o3)c2C1. The van der Waals surface area contributed by atoms with Crippen LogP contribution in [-0.2, 0) is 17.6 Å². The van der Waals surface area contributed by atoms with Crippen LogP contribution in [0.25, 0.3) is 22.4 Å². The van der Waals surface area contributed by atoms with Gasteiger partial charge in [-0.15, -0.1) is 10.2 Å². The number of para-hydroxylation sites is 1. The first-order chi connectivity index (χ1) is 15.1. The van der Waals surface area contributed by atoms with Crippen LogP contribution in [-0.4, -0.2) is 21.2 Å². The Balaban J connectivity index is 1.47. The predicted octanol–water partition coefficient (Wildman–Crippen LogP) is 5.33. The van der Waals surface area contributed by atoms with E-state index in [-0.39, 0.29) is 11.9 Å². The lowest BCUT2D eigenvalue weighted by Gasteiger charge is -2.24. The van der Waals surface area contributed by atoms with Crippen LogP contribution in [0, 0.1) is 5.92 Å². The van der Waals surface area contributed by atoms with E-state index in [9.17, 15) is 4.79 Å². The van der Waals surface area contributed by atoms with Crippen molar-refractivity contribution in [3.05, 3.63) is 77.3 Å². The number of ether oxygens (including phenoxy) is 1. The van der Waals surface area contributed by atoms with E-state index in [4.69, 9.17) is 14.1 Å². The molecule has 5 rings (SSSR count). The van der Waals surface area contributed by atoms with Gasteiger partial charge in [0.25, 0.3) is 5.89 Å². The lowest BCUT2D eigenvalue weighted by atomic mass is 9.84. The third-order valence-electron chi connectivity index (χ3n) is 5.80. The van der Waals surface area contributed by atoms with Crippen LogP contribution in [0.4, 0.5) is 0 Å². The van der Waals surface area contributed by atoms with E-state index < -0.39 is 6.10 Å². The fraction of sp³-hybridized carbons (Fsp3) is 0.280. The zero-order valence-electron chi connectivity index (χ0n) is 17.5. The molecule has 6 nitrogen and oxygen atoms in total. The van der Waals surface area contributed by atoms with Gasteiger partial charge >= 0.3 is 5.97 Å². The Morgan fingerprint density at radius 3 is 2.71 bits per heavy atom. The fourth-order valence-corrected chi connectivity index (χ4v) is 4.16. The van der Waals surface area contributed by atoms with Gasteiger partial charge in [-0.25, -0.2) is 4.79 Å². The van der Waals surface area contributed by atoms with Crippen LogP contribution in [0.5, 0.6) is 0 Å². The van der Waals surface area contributed by atoms with Gasteiger partial charge < -0.3 is 9.15 Å². The number of carbonyl (C=O) groups excluding carboxylic acids is 1. The molecule has 0 amide bonds.